The molecule has 0 spiro atoms. The van der Waals surface area contributed by atoms with Gasteiger partial charge in [-0.05, 0) is 33.3 Å². The van der Waals surface area contributed by atoms with E-state index in [4.69, 9.17) is 4.74 Å². The zero-order valence-corrected chi connectivity index (χ0v) is 12.5. The normalized spacial score (nSPS) is 13.5. The van der Waals surface area contributed by atoms with Crippen LogP contribution < -0.4 is 0 Å². The molecule has 108 valence electrons. The number of hydrogen-bond acceptors (Lipinski definition) is 3. The lowest BCUT2D eigenvalue weighted by Gasteiger charge is -2.32. The van der Waals surface area contributed by atoms with E-state index in [9.17, 15) is 5.11 Å². The molecule has 0 fully saturated rings. The average molecular weight is 265 g/mol. The first kappa shape index (κ1) is 16.2. The number of benzene rings is 1. The van der Waals surface area contributed by atoms with Crippen LogP contribution in [0.1, 0.15) is 33.3 Å². The van der Waals surface area contributed by atoms with E-state index in [0.29, 0.717) is 31.8 Å². The summed E-state index contributed by atoms with van der Waals surface area (Å²) in [5, 5.41) is 10.0. The molecule has 0 radical (unpaired) electrons. The first-order valence-corrected chi connectivity index (χ1v) is 7.06. The van der Waals surface area contributed by atoms with Crippen molar-refractivity contribution in [3.63, 3.8) is 0 Å². The molecule has 0 heterocycles. The van der Waals surface area contributed by atoms with Gasteiger partial charge in [0.15, 0.2) is 0 Å². The minimum atomic E-state index is -0.437. The highest BCUT2D eigenvalue weighted by Gasteiger charge is 2.17. The molecule has 19 heavy (non-hydrogen) atoms. The first-order chi connectivity index (χ1) is 9.00. The second kappa shape index (κ2) is 8.31. The topological polar surface area (TPSA) is 32.7 Å². The Morgan fingerprint density at radius 3 is 2.16 bits per heavy atom. The van der Waals surface area contributed by atoms with Gasteiger partial charge in [0.1, 0.15) is 0 Å². The molecule has 0 aliphatic carbocycles. The zero-order valence-electron chi connectivity index (χ0n) is 12.5. The molecule has 0 aliphatic rings. The third-order valence-corrected chi connectivity index (χ3v) is 3.17. The van der Waals surface area contributed by atoms with Gasteiger partial charge in [-0.2, -0.15) is 0 Å². The summed E-state index contributed by atoms with van der Waals surface area (Å²) in [4.78, 5) is 2.27. The van der Waals surface area contributed by atoms with Crippen molar-refractivity contribution >= 4 is 0 Å². The van der Waals surface area contributed by atoms with Gasteiger partial charge in [0.25, 0.3) is 0 Å². The lowest BCUT2D eigenvalue weighted by atomic mass is 10.2. The van der Waals surface area contributed by atoms with E-state index in [1.165, 1.54) is 0 Å². The predicted molar refractivity (Wildman–Crippen MR) is 79.1 cm³/mol. The molecule has 1 N–H and O–H groups in total. The largest absolute Gasteiger partial charge is 0.389 e. The molecule has 0 aromatic heterocycles. The molecule has 0 bridgehead atoms. The van der Waals surface area contributed by atoms with Crippen LogP contribution in [0.2, 0.25) is 0 Å². The van der Waals surface area contributed by atoms with Crippen molar-refractivity contribution in [3.8, 4) is 0 Å². The molecule has 1 rings (SSSR count). The minimum Gasteiger partial charge on any atom is -0.389 e. The van der Waals surface area contributed by atoms with Crippen LogP contribution in [0.3, 0.4) is 0 Å². The number of rotatable bonds is 8. The molecule has 1 aromatic carbocycles. The Kier molecular flexibility index (Phi) is 7.06. The SMILES string of the molecule is CC(C)N(C[C@H](O)COCc1ccccc1)C(C)C. The maximum atomic E-state index is 10.0. The van der Waals surface area contributed by atoms with Crippen molar-refractivity contribution in [2.24, 2.45) is 0 Å². The Bertz CT molecular complexity index is 330. The van der Waals surface area contributed by atoms with Crippen LogP contribution in [-0.2, 0) is 11.3 Å². The smallest absolute Gasteiger partial charge is 0.0900 e. The molecule has 3 nitrogen and oxygen atoms in total. The van der Waals surface area contributed by atoms with Crippen molar-refractivity contribution in [2.75, 3.05) is 13.2 Å². The maximum Gasteiger partial charge on any atom is 0.0900 e. The van der Waals surface area contributed by atoms with Gasteiger partial charge in [-0.15, -0.1) is 0 Å². The summed E-state index contributed by atoms with van der Waals surface area (Å²) in [6.07, 6.45) is -0.437. The zero-order chi connectivity index (χ0) is 14.3. The fraction of sp³-hybridized carbons (Fsp3) is 0.625. The van der Waals surface area contributed by atoms with Gasteiger partial charge in [-0.3, -0.25) is 4.90 Å². The van der Waals surface area contributed by atoms with Crippen LogP contribution in [0.4, 0.5) is 0 Å². The van der Waals surface area contributed by atoms with E-state index in [-0.39, 0.29) is 0 Å². The number of nitrogens with zero attached hydrogens (tertiary/aromatic N) is 1. The van der Waals surface area contributed by atoms with Gasteiger partial charge >= 0.3 is 0 Å². The number of aliphatic hydroxyl groups is 1. The van der Waals surface area contributed by atoms with E-state index in [1.807, 2.05) is 30.3 Å². The summed E-state index contributed by atoms with van der Waals surface area (Å²) in [7, 11) is 0. The lowest BCUT2D eigenvalue weighted by Crippen LogP contribution is -2.43. The van der Waals surface area contributed by atoms with Gasteiger partial charge in [-0.1, -0.05) is 30.3 Å². The summed E-state index contributed by atoms with van der Waals surface area (Å²) < 4.78 is 5.57. The quantitative estimate of drug-likeness (QED) is 0.784. The van der Waals surface area contributed by atoms with E-state index in [1.54, 1.807) is 0 Å². The van der Waals surface area contributed by atoms with Gasteiger partial charge in [0, 0.05) is 18.6 Å². The molecule has 3 heteroatoms. The first-order valence-electron chi connectivity index (χ1n) is 7.06. The second-order valence-electron chi connectivity index (χ2n) is 5.54. The fourth-order valence-electron chi connectivity index (χ4n) is 2.20. The lowest BCUT2D eigenvalue weighted by molar-refractivity contribution is -0.00157. The monoisotopic (exact) mass is 265 g/mol. The highest BCUT2D eigenvalue weighted by atomic mass is 16.5. The second-order valence-corrected chi connectivity index (χ2v) is 5.54. The molecule has 0 saturated heterocycles. The molecule has 0 aliphatic heterocycles. The van der Waals surface area contributed by atoms with Gasteiger partial charge < -0.3 is 9.84 Å². The average Bonchev–Trinajstić information content (AvgIpc) is 2.36. The third kappa shape index (κ3) is 6.19. The Labute approximate surface area is 117 Å². The Morgan fingerprint density at radius 2 is 1.63 bits per heavy atom. The molecule has 0 amide bonds. The Balaban J connectivity index is 2.29. The number of hydrogen-bond donors (Lipinski definition) is 1. The third-order valence-electron chi connectivity index (χ3n) is 3.17. The molecule has 0 unspecified atom stereocenters. The van der Waals surface area contributed by atoms with Crippen molar-refractivity contribution in [1.82, 2.24) is 4.90 Å². The highest BCUT2D eigenvalue weighted by molar-refractivity contribution is 5.13. The van der Waals surface area contributed by atoms with E-state index in [0.717, 1.165) is 5.56 Å². The van der Waals surface area contributed by atoms with Crippen LogP contribution in [0.15, 0.2) is 30.3 Å². The summed E-state index contributed by atoms with van der Waals surface area (Å²) in [6, 6.07) is 10.9. The van der Waals surface area contributed by atoms with Crippen molar-refractivity contribution in [3.05, 3.63) is 35.9 Å². The van der Waals surface area contributed by atoms with Crippen LogP contribution >= 0.6 is 0 Å². The molecular formula is C16H27NO2. The molecular weight excluding hydrogens is 238 g/mol. The van der Waals surface area contributed by atoms with Gasteiger partial charge in [0.2, 0.25) is 0 Å². The van der Waals surface area contributed by atoms with Crippen LogP contribution in [-0.4, -0.2) is 41.3 Å². The van der Waals surface area contributed by atoms with Crippen LogP contribution in [0.25, 0.3) is 0 Å². The molecule has 0 saturated carbocycles. The van der Waals surface area contributed by atoms with Crippen molar-refractivity contribution in [1.29, 1.82) is 0 Å². The summed E-state index contributed by atoms with van der Waals surface area (Å²) in [6.45, 7) is 10.2. The standard InChI is InChI=1S/C16H27NO2/c1-13(2)17(14(3)4)10-16(18)12-19-11-15-8-6-5-7-9-15/h5-9,13-14,16,18H,10-12H2,1-4H3/t16-/m0/s1. The van der Waals surface area contributed by atoms with E-state index in [2.05, 4.69) is 32.6 Å². The fourth-order valence-corrected chi connectivity index (χ4v) is 2.20. The van der Waals surface area contributed by atoms with Gasteiger partial charge in [0.05, 0.1) is 19.3 Å². The Hall–Kier alpha value is -0.900. The summed E-state index contributed by atoms with van der Waals surface area (Å²) in [5.74, 6) is 0. The molecule has 1 atom stereocenters. The Morgan fingerprint density at radius 1 is 1.05 bits per heavy atom. The predicted octanol–water partition coefficient (Wildman–Crippen LogP) is 2.68. The van der Waals surface area contributed by atoms with Crippen molar-refractivity contribution < 1.29 is 9.84 Å². The summed E-state index contributed by atoms with van der Waals surface area (Å²) >= 11 is 0. The van der Waals surface area contributed by atoms with Gasteiger partial charge in [-0.25, -0.2) is 0 Å². The minimum absolute atomic E-state index is 0.380. The van der Waals surface area contributed by atoms with Crippen molar-refractivity contribution in [2.45, 2.75) is 52.5 Å². The number of ether oxygens (including phenoxy) is 1. The van der Waals surface area contributed by atoms with E-state index >= 15 is 0 Å². The summed E-state index contributed by atoms with van der Waals surface area (Å²) in [5.41, 5.74) is 1.14. The van der Waals surface area contributed by atoms with E-state index < -0.39 is 6.10 Å². The van der Waals surface area contributed by atoms with Crippen LogP contribution in [0.5, 0.6) is 0 Å². The maximum absolute atomic E-state index is 10.0. The van der Waals surface area contributed by atoms with Crippen LogP contribution in [0, 0.1) is 0 Å². The number of aliphatic hydroxyl groups excluding tert-OH is 1. The molecule has 1 aromatic rings. The highest BCUT2D eigenvalue weighted by Crippen LogP contribution is 2.07.